The fraction of sp³-hybridized carbons (Fsp3) is 0.364. The van der Waals surface area contributed by atoms with Crippen molar-refractivity contribution in [1.29, 1.82) is 0 Å². The van der Waals surface area contributed by atoms with Crippen LogP contribution in [0.4, 0.5) is 5.69 Å². The van der Waals surface area contributed by atoms with Gasteiger partial charge < -0.3 is 14.8 Å². The minimum absolute atomic E-state index is 0.0967. The molecule has 0 saturated heterocycles. The first-order valence-corrected chi connectivity index (χ1v) is 9.12. The van der Waals surface area contributed by atoms with Crippen molar-refractivity contribution < 1.29 is 14.3 Å². The number of hydrogen-bond donors (Lipinski definition) is 2. The van der Waals surface area contributed by atoms with E-state index in [0.29, 0.717) is 34.2 Å². The molecule has 3 rings (SSSR count). The standard InChI is InChI=1S/C22H26N2O3/c1-12(2)14-7-8-18-17(10-14)24-20(27-18)16-11-15(9-13(3)19(16)25)23-21(26)22(4,5)6/h7-12,25H,1-6H3,(H,23,26). The quantitative estimate of drug-likeness (QED) is 0.590. The number of hydrogen-bond acceptors (Lipinski definition) is 4. The number of carbonyl (C=O) groups excluding carboxylic acids is 1. The average Bonchev–Trinajstić information content (AvgIpc) is 2.99. The van der Waals surface area contributed by atoms with Crippen LogP contribution < -0.4 is 5.32 Å². The number of fused-ring (bicyclic) bond motifs is 1. The first-order valence-electron chi connectivity index (χ1n) is 9.12. The second-order valence-corrected chi connectivity index (χ2v) is 8.29. The number of anilines is 1. The summed E-state index contributed by atoms with van der Waals surface area (Å²) in [5.74, 6) is 0.719. The lowest BCUT2D eigenvalue weighted by Gasteiger charge is -2.18. The molecule has 0 radical (unpaired) electrons. The Bertz CT molecular complexity index is 1010. The molecule has 0 fully saturated rings. The largest absolute Gasteiger partial charge is 0.507 e. The van der Waals surface area contributed by atoms with E-state index in [0.717, 1.165) is 5.52 Å². The van der Waals surface area contributed by atoms with Gasteiger partial charge in [0, 0.05) is 11.1 Å². The molecule has 0 saturated carbocycles. The first kappa shape index (κ1) is 19.0. The number of rotatable bonds is 3. The van der Waals surface area contributed by atoms with Gasteiger partial charge in [0.1, 0.15) is 11.3 Å². The van der Waals surface area contributed by atoms with Crippen LogP contribution in [0.1, 0.15) is 51.7 Å². The summed E-state index contributed by atoms with van der Waals surface area (Å²) >= 11 is 0. The zero-order valence-corrected chi connectivity index (χ0v) is 16.7. The number of amides is 1. The molecular weight excluding hydrogens is 340 g/mol. The SMILES string of the molecule is Cc1cc(NC(=O)C(C)(C)C)cc(-c2nc3cc(C(C)C)ccc3o2)c1O. The van der Waals surface area contributed by atoms with Crippen molar-refractivity contribution >= 4 is 22.7 Å². The molecule has 5 heteroatoms. The highest BCUT2D eigenvalue weighted by atomic mass is 16.3. The highest BCUT2D eigenvalue weighted by Crippen LogP contribution is 2.36. The lowest BCUT2D eigenvalue weighted by atomic mass is 9.95. The van der Waals surface area contributed by atoms with Gasteiger partial charge in [0.2, 0.25) is 11.8 Å². The fourth-order valence-corrected chi connectivity index (χ4v) is 2.75. The summed E-state index contributed by atoms with van der Waals surface area (Å²) < 4.78 is 5.87. The van der Waals surface area contributed by atoms with Crippen molar-refractivity contribution in [2.75, 3.05) is 5.32 Å². The van der Waals surface area contributed by atoms with E-state index in [2.05, 4.69) is 24.1 Å². The maximum absolute atomic E-state index is 12.3. The Labute approximate surface area is 159 Å². The summed E-state index contributed by atoms with van der Waals surface area (Å²) in [6.45, 7) is 11.6. The van der Waals surface area contributed by atoms with Gasteiger partial charge in [0.25, 0.3) is 0 Å². The van der Waals surface area contributed by atoms with Gasteiger partial charge in [-0.05, 0) is 48.2 Å². The minimum Gasteiger partial charge on any atom is -0.507 e. The number of nitrogens with one attached hydrogen (secondary N) is 1. The van der Waals surface area contributed by atoms with Gasteiger partial charge in [-0.25, -0.2) is 4.98 Å². The summed E-state index contributed by atoms with van der Waals surface area (Å²) in [6.07, 6.45) is 0. The molecule has 5 nitrogen and oxygen atoms in total. The molecule has 27 heavy (non-hydrogen) atoms. The Morgan fingerprint density at radius 3 is 2.52 bits per heavy atom. The van der Waals surface area contributed by atoms with Crippen molar-refractivity contribution in [2.45, 2.75) is 47.5 Å². The molecule has 2 aromatic carbocycles. The third kappa shape index (κ3) is 3.82. The maximum Gasteiger partial charge on any atom is 0.231 e. The van der Waals surface area contributed by atoms with E-state index in [1.807, 2.05) is 39.0 Å². The molecule has 3 aromatic rings. The molecule has 0 aliphatic rings. The van der Waals surface area contributed by atoms with Crippen LogP contribution in [0.5, 0.6) is 5.75 Å². The zero-order chi connectivity index (χ0) is 19.9. The highest BCUT2D eigenvalue weighted by molar-refractivity contribution is 5.95. The van der Waals surface area contributed by atoms with E-state index < -0.39 is 5.41 Å². The lowest BCUT2D eigenvalue weighted by Crippen LogP contribution is -2.27. The molecule has 142 valence electrons. The molecular formula is C22H26N2O3. The predicted molar refractivity (Wildman–Crippen MR) is 108 cm³/mol. The summed E-state index contributed by atoms with van der Waals surface area (Å²) in [5.41, 5.74) is 3.77. The van der Waals surface area contributed by atoms with Gasteiger partial charge in [-0.3, -0.25) is 4.79 Å². The van der Waals surface area contributed by atoms with E-state index >= 15 is 0 Å². The van der Waals surface area contributed by atoms with Crippen LogP contribution in [0.3, 0.4) is 0 Å². The molecule has 0 unspecified atom stereocenters. The monoisotopic (exact) mass is 366 g/mol. The van der Waals surface area contributed by atoms with Crippen molar-refractivity contribution in [3.8, 4) is 17.2 Å². The molecule has 0 spiro atoms. The molecule has 0 aliphatic heterocycles. The molecule has 2 N–H and O–H groups in total. The van der Waals surface area contributed by atoms with Crippen molar-refractivity contribution in [3.63, 3.8) is 0 Å². The summed E-state index contributed by atoms with van der Waals surface area (Å²) in [6, 6.07) is 9.35. The number of aromatic hydroxyl groups is 1. The summed E-state index contributed by atoms with van der Waals surface area (Å²) in [7, 11) is 0. The van der Waals surface area contributed by atoms with Gasteiger partial charge in [-0.15, -0.1) is 0 Å². The zero-order valence-electron chi connectivity index (χ0n) is 16.7. The Balaban J connectivity index is 2.05. The molecule has 1 amide bonds. The smallest absolute Gasteiger partial charge is 0.231 e. The topological polar surface area (TPSA) is 75.4 Å². The van der Waals surface area contributed by atoms with Crippen LogP contribution in [0.25, 0.3) is 22.6 Å². The van der Waals surface area contributed by atoms with E-state index in [-0.39, 0.29) is 11.7 Å². The second kappa shape index (κ2) is 6.72. The number of nitrogens with zero attached hydrogens (tertiary/aromatic N) is 1. The molecule has 0 aliphatic carbocycles. The van der Waals surface area contributed by atoms with E-state index in [1.54, 1.807) is 19.1 Å². The minimum atomic E-state index is -0.517. The molecule has 1 aromatic heterocycles. The van der Waals surface area contributed by atoms with Crippen molar-refractivity contribution in [2.24, 2.45) is 5.41 Å². The summed E-state index contributed by atoms with van der Waals surface area (Å²) in [4.78, 5) is 16.9. The summed E-state index contributed by atoms with van der Waals surface area (Å²) in [5, 5.41) is 13.4. The van der Waals surface area contributed by atoms with Gasteiger partial charge in [0.15, 0.2) is 5.58 Å². The first-order chi connectivity index (χ1) is 12.6. The van der Waals surface area contributed by atoms with Crippen LogP contribution >= 0.6 is 0 Å². The molecule has 1 heterocycles. The third-order valence-electron chi connectivity index (χ3n) is 4.55. The van der Waals surface area contributed by atoms with Crippen LogP contribution in [-0.4, -0.2) is 16.0 Å². The Hall–Kier alpha value is -2.82. The normalized spacial score (nSPS) is 12.0. The average molecular weight is 366 g/mol. The van der Waals surface area contributed by atoms with Crippen LogP contribution in [0.2, 0.25) is 0 Å². The maximum atomic E-state index is 12.3. The molecule has 0 bridgehead atoms. The molecule has 0 atom stereocenters. The highest BCUT2D eigenvalue weighted by Gasteiger charge is 2.23. The van der Waals surface area contributed by atoms with E-state index in [9.17, 15) is 9.90 Å². The number of phenols is 1. The van der Waals surface area contributed by atoms with Gasteiger partial charge >= 0.3 is 0 Å². The number of aromatic nitrogens is 1. The van der Waals surface area contributed by atoms with Gasteiger partial charge in [-0.1, -0.05) is 40.7 Å². The predicted octanol–water partition coefficient (Wildman–Crippen LogP) is 5.62. The Kier molecular flexibility index (Phi) is 4.72. The third-order valence-corrected chi connectivity index (χ3v) is 4.55. The van der Waals surface area contributed by atoms with E-state index in [1.165, 1.54) is 5.56 Å². The number of benzene rings is 2. The number of aryl methyl sites for hydroxylation is 1. The lowest BCUT2D eigenvalue weighted by molar-refractivity contribution is -0.123. The van der Waals surface area contributed by atoms with Gasteiger partial charge in [0.05, 0.1) is 5.56 Å². The fourth-order valence-electron chi connectivity index (χ4n) is 2.75. The van der Waals surface area contributed by atoms with Crippen molar-refractivity contribution in [3.05, 3.63) is 41.5 Å². The Morgan fingerprint density at radius 1 is 1.19 bits per heavy atom. The van der Waals surface area contributed by atoms with Crippen molar-refractivity contribution in [1.82, 2.24) is 4.98 Å². The number of carbonyl (C=O) groups is 1. The Morgan fingerprint density at radius 2 is 1.89 bits per heavy atom. The number of phenolic OH excluding ortho intramolecular Hbond substituents is 1. The van der Waals surface area contributed by atoms with Crippen LogP contribution in [0.15, 0.2) is 34.7 Å². The number of oxazole rings is 1. The second-order valence-electron chi connectivity index (χ2n) is 8.29. The van der Waals surface area contributed by atoms with Crippen LogP contribution in [-0.2, 0) is 4.79 Å². The van der Waals surface area contributed by atoms with E-state index in [4.69, 9.17) is 4.42 Å². The van der Waals surface area contributed by atoms with Crippen LogP contribution in [0, 0.1) is 12.3 Å². The van der Waals surface area contributed by atoms with Gasteiger partial charge in [-0.2, -0.15) is 0 Å².